The summed E-state index contributed by atoms with van der Waals surface area (Å²) in [4.78, 5) is 12.9. The summed E-state index contributed by atoms with van der Waals surface area (Å²) in [6.07, 6.45) is 2.06. The Morgan fingerprint density at radius 2 is 2.35 bits per heavy atom. The van der Waals surface area contributed by atoms with Gasteiger partial charge in [0.15, 0.2) is 12.0 Å². The van der Waals surface area contributed by atoms with Crippen molar-refractivity contribution in [3.8, 4) is 0 Å². The van der Waals surface area contributed by atoms with Gasteiger partial charge in [-0.3, -0.25) is 9.69 Å². The first-order valence-corrected chi connectivity index (χ1v) is 6.12. The van der Waals surface area contributed by atoms with Gasteiger partial charge in [-0.25, -0.2) is 0 Å². The number of hydrogen-bond acceptors (Lipinski definition) is 4. The van der Waals surface area contributed by atoms with Crippen molar-refractivity contribution in [2.75, 3.05) is 13.2 Å². The molecule has 0 aromatic carbocycles. The Hall–Kier alpha value is -1.13. The molecule has 2 heterocycles. The number of rotatable bonds is 4. The number of carbonyl (C=O) groups is 1. The third-order valence-electron chi connectivity index (χ3n) is 3.21. The van der Waals surface area contributed by atoms with Crippen LogP contribution in [-0.2, 0) is 11.3 Å². The van der Waals surface area contributed by atoms with Gasteiger partial charge >= 0.3 is 0 Å². The van der Waals surface area contributed by atoms with Crippen LogP contribution in [0.15, 0.2) is 16.5 Å². The largest absolute Gasteiger partial charge is 0.457 e. The fourth-order valence-corrected chi connectivity index (χ4v) is 2.23. The molecule has 1 aromatic rings. The van der Waals surface area contributed by atoms with E-state index in [9.17, 15) is 4.79 Å². The molecule has 1 fully saturated rings. The van der Waals surface area contributed by atoms with Crippen LogP contribution in [0, 0.1) is 0 Å². The molecular weight excluding hydrogens is 218 g/mol. The van der Waals surface area contributed by atoms with Crippen molar-refractivity contribution in [3.05, 3.63) is 23.7 Å². The third-order valence-corrected chi connectivity index (χ3v) is 3.21. The SMILES string of the molecule is CCC1COC(C)CN1Cc1ccc(C=O)o1. The van der Waals surface area contributed by atoms with Gasteiger partial charge in [0, 0.05) is 12.6 Å². The molecule has 0 aliphatic carbocycles. The molecule has 1 saturated heterocycles. The minimum absolute atomic E-state index is 0.262. The minimum Gasteiger partial charge on any atom is -0.457 e. The van der Waals surface area contributed by atoms with Gasteiger partial charge in [-0.2, -0.15) is 0 Å². The fourth-order valence-electron chi connectivity index (χ4n) is 2.23. The number of ether oxygens (including phenoxy) is 1. The van der Waals surface area contributed by atoms with Gasteiger partial charge < -0.3 is 9.15 Å². The summed E-state index contributed by atoms with van der Waals surface area (Å²) in [6, 6.07) is 4.03. The van der Waals surface area contributed by atoms with E-state index in [1.54, 1.807) is 6.07 Å². The Kier molecular flexibility index (Phi) is 3.97. The van der Waals surface area contributed by atoms with Crippen LogP contribution in [0.25, 0.3) is 0 Å². The van der Waals surface area contributed by atoms with Crippen LogP contribution >= 0.6 is 0 Å². The molecule has 0 amide bonds. The quantitative estimate of drug-likeness (QED) is 0.752. The third kappa shape index (κ3) is 2.96. The predicted molar refractivity (Wildman–Crippen MR) is 64.0 cm³/mol. The Morgan fingerprint density at radius 1 is 1.53 bits per heavy atom. The summed E-state index contributed by atoms with van der Waals surface area (Å²) < 4.78 is 11.1. The van der Waals surface area contributed by atoms with E-state index >= 15 is 0 Å². The summed E-state index contributed by atoms with van der Waals surface area (Å²) in [5.74, 6) is 1.24. The molecule has 1 aliphatic heterocycles. The van der Waals surface area contributed by atoms with Gasteiger partial charge in [-0.1, -0.05) is 6.92 Å². The summed E-state index contributed by atoms with van der Waals surface area (Å²) in [6.45, 7) is 6.68. The Bertz CT molecular complexity index is 374. The first-order chi connectivity index (χ1) is 8.22. The average Bonchev–Trinajstić information content (AvgIpc) is 2.77. The maximum atomic E-state index is 10.6. The van der Waals surface area contributed by atoms with Crippen molar-refractivity contribution < 1.29 is 13.9 Å². The summed E-state index contributed by atoms with van der Waals surface area (Å²) in [7, 11) is 0. The highest BCUT2D eigenvalue weighted by molar-refractivity contribution is 5.70. The van der Waals surface area contributed by atoms with E-state index in [2.05, 4.69) is 18.7 Å². The lowest BCUT2D eigenvalue weighted by Gasteiger charge is -2.37. The van der Waals surface area contributed by atoms with Crippen molar-refractivity contribution in [2.24, 2.45) is 0 Å². The van der Waals surface area contributed by atoms with Crippen molar-refractivity contribution >= 4 is 6.29 Å². The molecular formula is C13H19NO3. The molecule has 1 aliphatic rings. The zero-order valence-electron chi connectivity index (χ0n) is 10.4. The van der Waals surface area contributed by atoms with Crippen molar-refractivity contribution in [2.45, 2.75) is 39.0 Å². The molecule has 94 valence electrons. The number of furan rings is 1. The lowest BCUT2D eigenvalue weighted by molar-refractivity contribution is -0.0611. The zero-order chi connectivity index (χ0) is 12.3. The minimum atomic E-state index is 0.262. The molecule has 0 N–H and O–H groups in total. The predicted octanol–water partition coefficient (Wildman–Crippen LogP) is 2.09. The second kappa shape index (κ2) is 5.47. The summed E-state index contributed by atoms with van der Waals surface area (Å²) in [5.41, 5.74) is 0. The van der Waals surface area contributed by atoms with E-state index in [0.29, 0.717) is 11.8 Å². The van der Waals surface area contributed by atoms with Crippen molar-refractivity contribution in [1.82, 2.24) is 4.90 Å². The topological polar surface area (TPSA) is 42.7 Å². The van der Waals surface area contributed by atoms with E-state index in [-0.39, 0.29) is 6.10 Å². The average molecular weight is 237 g/mol. The highest BCUT2D eigenvalue weighted by atomic mass is 16.5. The van der Waals surface area contributed by atoms with Gasteiger partial charge in [-0.05, 0) is 25.5 Å². The van der Waals surface area contributed by atoms with Crippen LogP contribution in [0.1, 0.15) is 36.6 Å². The van der Waals surface area contributed by atoms with E-state index in [1.165, 1.54) is 0 Å². The number of hydrogen-bond donors (Lipinski definition) is 0. The second-order valence-electron chi connectivity index (χ2n) is 4.56. The van der Waals surface area contributed by atoms with Crippen molar-refractivity contribution in [3.63, 3.8) is 0 Å². The van der Waals surface area contributed by atoms with Gasteiger partial charge in [0.05, 0.1) is 19.3 Å². The molecule has 0 saturated carbocycles. The Morgan fingerprint density at radius 3 is 3.00 bits per heavy atom. The smallest absolute Gasteiger partial charge is 0.185 e. The van der Waals surface area contributed by atoms with Gasteiger partial charge in [0.2, 0.25) is 0 Å². The van der Waals surface area contributed by atoms with Gasteiger partial charge in [0.1, 0.15) is 5.76 Å². The maximum Gasteiger partial charge on any atom is 0.185 e. The zero-order valence-corrected chi connectivity index (χ0v) is 10.4. The van der Waals surface area contributed by atoms with E-state index in [0.717, 1.165) is 38.2 Å². The fraction of sp³-hybridized carbons (Fsp3) is 0.615. The molecule has 2 atom stereocenters. The normalized spacial score (nSPS) is 26.0. The number of morpholine rings is 1. The molecule has 2 rings (SSSR count). The first kappa shape index (κ1) is 12.3. The molecule has 4 nitrogen and oxygen atoms in total. The standard InChI is InChI=1S/C13H19NO3/c1-3-11-9-16-10(2)6-14(11)7-12-4-5-13(8-15)17-12/h4-5,8,10-11H,3,6-7,9H2,1-2H3. The maximum absolute atomic E-state index is 10.6. The molecule has 2 unspecified atom stereocenters. The number of nitrogens with zero attached hydrogens (tertiary/aromatic N) is 1. The Labute approximate surface area is 102 Å². The molecule has 4 heteroatoms. The van der Waals surface area contributed by atoms with E-state index in [1.807, 2.05) is 6.07 Å². The number of aldehydes is 1. The van der Waals surface area contributed by atoms with Crippen LogP contribution in [-0.4, -0.2) is 36.5 Å². The lowest BCUT2D eigenvalue weighted by Crippen LogP contribution is -2.47. The van der Waals surface area contributed by atoms with Crippen LogP contribution in [0.5, 0.6) is 0 Å². The second-order valence-corrected chi connectivity index (χ2v) is 4.56. The van der Waals surface area contributed by atoms with Gasteiger partial charge in [0.25, 0.3) is 0 Å². The lowest BCUT2D eigenvalue weighted by atomic mass is 10.1. The monoisotopic (exact) mass is 237 g/mol. The van der Waals surface area contributed by atoms with Crippen LogP contribution in [0.3, 0.4) is 0 Å². The molecule has 1 aromatic heterocycles. The van der Waals surface area contributed by atoms with Crippen LogP contribution in [0.4, 0.5) is 0 Å². The van der Waals surface area contributed by atoms with Crippen LogP contribution < -0.4 is 0 Å². The van der Waals surface area contributed by atoms with Gasteiger partial charge in [-0.15, -0.1) is 0 Å². The highest BCUT2D eigenvalue weighted by Gasteiger charge is 2.26. The van der Waals surface area contributed by atoms with E-state index < -0.39 is 0 Å². The van der Waals surface area contributed by atoms with E-state index in [4.69, 9.17) is 9.15 Å². The highest BCUT2D eigenvalue weighted by Crippen LogP contribution is 2.18. The molecule has 0 radical (unpaired) electrons. The summed E-state index contributed by atoms with van der Waals surface area (Å²) >= 11 is 0. The molecule has 0 spiro atoms. The summed E-state index contributed by atoms with van der Waals surface area (Å²) in [5, 5.41) is 0. The number of carbonyl (C=O) groups excluding carboxylic acids is 1. The Balaban J connectivity index is 2.01. The first-order valence-electron chi connectivity index (χ1n) is 6.12. The molecule has 17 heavy (non-hydrogen) atoms. The van der Waals surface area contributed by atoms with Crippen LogP contribution in [0.2, 0.25) is 0 Å². The molecule has 0 bridgehead atoms. The van der Waals surface area contributed by atoms with Crippen molar-refractivity contribution in [1.29, 1.82) is 0 Å².